The number of carbonyl (C=O) groups is 2. The zero-order chi connectivity index (χ0) is 23.6. The van der Waals surface area contributed by atoms with Crippen molar-refractivity contribution in [2.45, 2.75) is 50.6 Å². The van der Waals surface area contributed by atoms with Crippen molar-refractivity contribution in [1.29, 1.82) is 0 Å². The highest BCUT2D eigenvalue weighted by atomic mass is 19.4. The summed E-state index contributed by atoms with van der Waals surface area (Å²) in [5, 5.41) is 5.99. The Morgan fingerprint density at radius 3 is 2.76 bits per heavy atom. The summed E-state index contributed by atoms with van der Waals surface area (Å²) in [6.45, 7) is 1.78. The molecule has 0 radical (unpaired) electrons. The van der Waals surface area contributed by atoms with Crippen molar-refractivity contribution < 1.29 is 32.2 Å². The van der Waals surface area contributed by atoms with Crippen LogP contribution in [0.3, 0.4) is 0 Å². The van der Waals surface area contributed by atoms with Crippen LogP contribution in [0, 0.1) is 11.8 Å². The molecule has 1 aromatic carbocycles. The zero-order valence-corrected chi connectivity index (χ0v) is 18.2. The highest BCUT2D eigenvalue weighted by molar-refractivity contribution is 6.32. The van der Waals surface area contributed by atoms with Crippen LogP contribution >= 0.6 is 0 Å². The van der Waals surface area contributed by atoms with Crippen LogP contribution in [-0.2, 0) is 25.2 Å². The third-order valence-corrected chi connectivity index (χ3v) is 6.44. The van der Waals surface area contributed by atoms with Crippen LogP contribution in [0.15, 0.2) is 42.5 Å². The van der Waals surface area contributed by atoms with Crippen molar-refractivity contribution >= 4 is 17.6 Å². The van der Waals surface area contributed by atoms with Crippen LogP contribution in [0.4, 0.5) is 18.9 Å². The minimum Gasteiger partial charge on any atom is -0.459 e. The number of allylic oxidation sites excluding steroid dienone is 3. The van der Waals surface area contributed by atoms with Gasteiger partial charge in [0.15, 0.2) is 0 Å². The third-order valence-electron chi connectivity index (χ3n) is 6.44. The monoisotopic (exact) mass is 464 g/mol. The molecule has 3 aliphatic rings. The number of halogens is 3. The topological polar surface area (TPSA) is 76.7 Å². The van der Waals surface area contributed by atoms with E-state index < -0.39 is 35.8 Å². The molecule has 2 aliphatic heterocycles. The molecule has 0 aromatic heterocycles. The normalized spacial score (nSPS) is 28.3. The van der Waals surface area contributed by atoms with Crippen molar-refractivity contribution in [2.24, 2.45) is 11.8 Å². The summed E-state index contributed by atoms with van der Waals surface area (Å²) < 4.78 is 51.2. The van der Waals surface area contributed by atoms with Crippen molar-refractivity contribution in [3.05, 3.63) is 53.6 Å². The lowest BCUT2D eigenvalue weighted by molar-refractivity contribution is -0.155. The number of hydrogen-bond donors (Lipinski definition) is 2. The molecule has 0 spiro atoms. The van der Waals surface area contributed by atoms with E-state index >= 15 is 0 Å². The fourth-order valence-corrected chi connectivity index (χ4v) is 4.89. The van der Waals surface area contributed by atoms with Crippen molar-refractivity contribution in [2.75, 3.05) is 18.5 Å². The average Bonchev–Trinajstić information content (AvgIpc) is 2.81. The number of alkyl halides is 3. The number of benzene rings is 1. The van der Waals surface area contributed by atoms with Crippen molar-refractivity contribution in [1.82, 2.24) is 5.32 Å². The second-order valence-electron chi connectivity index (χ2n) is 8.53. The lowest BCUT2D eigenvalue weighted by atomic mass is 9.73. The van der Waals surface area contributed by atoms with Crippen LogP contribution in [0.25, 0.3) is 0 Å². The number of hydrogen-bond acceptors (Lipinski definition) is 5. The van der Waals surface area contributed by atoms with E-state index in [4.69, 9.17) is 4.74 Å². The number of amides is 1. The Kier molecular flexibility index (Phi) is 6.78. The second kappa shape index (κ2) is 9.59. The van der Waals surface area contributed by atoms with Gasteiger partial charge in [-0.05, 0) is 44.4 Å². The first-order chi connectivity index (χ1) is 15.8. The van der Waals surface area contributed by atoms with Gasteiger partial charge in [0.25, 0.3) is 0 Å². The maximum Gasteiger partial charge on any atom is 0.416 e. The number of esters is 1. The number of carbonyl (C=O) groups excluding carboxylic acids is 2. The maximum absolute atomic E-state index is 13.4. The maximum atomic E-state index is 13.4. The Labute approximate surface area is 190 Å². The smallest absolute Gasteiger partial charge is 0.416 e. The predicted octanol–water partition coefficient (Wildman–Crippen LogP) is 4.15. The number of fused-ring (bicyclic) bond motifs is 3. The van der Waals surface area contributed by atoms with E-state index in [-0.39, 0.29) is 31.0 Å². The fraction of sp³-hybridized carbons (Fsp3) is 0.500. The molecule has 1 amide bonds. The zero-order valence-electron chi connectivity index (χ0n) is 18.2. The molecule has 6 nitrogen and oxygen atoms in total. The molecule has 1 unspecified atom stereocenters. The average molecular weight is 464 g/mol. The van der Waals surface area contributed by atoms with Gasteiger partial charge >= 0.3 is 18.1 Å². The highest BCUT2D eigenvalue weighted by Crippen LogP contribution is 2.49. The fourth-order valence-electron chi connectivity index (χ4n) is 4.89. The molecule has 1 aliphatic carbocycles. The summed E-state index contributed by atoms with van der Waals surface area (Å²) in [5.74, 6) is -1.66. The summed E-state index contributed by atoms with van der Waals surface area (Å²) in [5.41, 5.74) is 0.387. The molecule has 1 saturated heterocycles. The van der Waals surface area contributed by atoms with Gasteiger partial charge in [-0.3, -0.25) is 4.79 Å². The van der Waals surface area contributed by atoms with E-state index in [2.05, 4.69) is 27.5 Å². The Bertz CT molecular complexity index is 960. The lowest BCUT2D eigenvalue weighted by Gasteiger charge is -2.47. The van der Waals surface area contributed by atoms with Gasteiger partial charge in [-0.1, -0.05) is 24.3 Å². The van der Waals surface area contributed by atoms with Crippen LogP contribution in [0.5, 0.6) is 0 Å². The molecular formula is C24H27F3N2O4. The van der Waals surface area contributed by atoms with Gasteiger partial charge in [-0.25, -0.2) is 4.79 Å². The third kappa shape index (κ3) is 5.08. The minimum atomic E-state index is -4.46. The summed E-state index contributed by atoms with van der Waals surface area (Å²) in [6.07, 6.45) is 4.92. The molecule has 4 rings (SSSR count). The van der Waals surface area contributed by atoms with E-state index in [0.29, 0.717) is 24.1 Å². The van der Waals surface area contributed by atoms with Crippen molar-refractivity contribution in [3.8, 4) is 0 Å². The van der Waals surface area contributed by atoms with E-state index in [1.54, 1.807) is 6.92 Å². The standard InChI is InChI=1S/C24H27F3N2O4/c1-2-32-23(31)22(30)28-13-16-9-10-17-20(14-6-4-3-5-7-14)29-19-11-8-15(24(25,26)27)12-18(19)21(17)33-16/h3-6,8,11-12,14,16-17,20-21,29H,2,7,9-10,13H2,1H3,(H,28,30)/t14?,16-,17+,20+,21+/m1/s1. The SMILES string of the molecule is CCOC(=O)C(=O)NC[C@H]1CC[C@@H]2[C@H](O1)c1cc(C(F)(F)F)ccc1N[C@H]2C1C=CC=CC1. The largest absolute Gasteiger partial charge is 0.459 e. The molecule has 0 saturated carbocycles. The Hall–Kier alpha value is -2.81. The summed E-state index contributed by atoms with van der Waals surface area (Å²) in [6, 6.07) is 3.72. The number of ether oxygens (including phenoxy) is 2. The molecule has 5 atom stereocenters. The predicted molar refractivity (Wildman–Crippen MR) is 115 cm³/mol. The van der Waals surface area contributed by atoms with Gasteiger partial charge in [0, 0.05) is 35.7 Å². The molecule has 178 valence electrons. The minimum absolute atomic E-state index is 0.00973. The summed E-state index contributed by atoms with van der Waals surface area (Å²) >= 11 is 0. The Balaban J connectivity index is 1.56. The second-order valence-corrected chi connectivity index (χ2v) is 8.53. The number of rotatable bonds is 4. The van der Waals surface area contributed by atoms with E-state index in [0.717, 1.165) is 18.6 Å². The van der Waals surface area contributed by atoms with Crippen LogP contribution < -0.4 is 10.6 Å². The molecule has 2 N–H and O–H groups in total. The van der Waals surface area contributed by atoms with Crippen molar-refractivity contribution in [3.63, 3.8) is 0 Å². The quantitative estimate of drug-likeness (QED) is 0.517. The first-order valence-corrected chi connectivity index (χ1v) is 11.2. The van der Waals surface area contributed by atoms with Gasteiger partial charge in [0.05, 0.1) is 24.4 Å². The summed E-state index contributed by atoms with van der Waals surface area (Å²) in [7, 11) is 0. The van der Waals surface area contributed by atoms with E-state index in [9.17, 15) is 22.8 Å². The molecular weight excluding hydrogens is 437 g/mol. The highest BCUT2D eigenvalue weighted by Gasteiger charge is 2.45. The molecule has 2 heterocycles. The number of anilines is 1. The first-order valence-electron chi connectivity index (χ1n) is 11.2. The van der Waals surface area contributed by atoms with E-state index in [1.165, 1.54) is 6.07 Å². The van der Waals surface area contributed by atoms with Crippen LogP contribution in [-0.4, -0.2) is 37.2 Å². The van der Waals surface area contributed by atoms with Gasteiger partial charge in [0.2, 0.25) is 0 Å². The van der Waals surface area contributed by atoms with Crippen LogP contribution in [0.1, 0.15) is 43.4 Å². The van der Waals surface area contributed by atoms with E-state index in [1.807, 2.05) is 12.2 Å². The van der Waals surface area contributed by atoms with Gasteiger partial charge < -0.3 is 20.1 Å². The van der Waals surface area contributed by atoms with Crippen LogP contribution in [0.2, 0.25) is 0 Å². The Morgan fingerprint density at radius 2 is 2.06 bits per heavy atom. The van der Waals surface area contributed by atoms with Gasteiger partial charge in [-0.15, -0.1) is 0 Å². The number of nitrogens with one attached hydrogen (secondary N) is 2. The molecule has 1 fully saturated rings. The molecule has 1 aromatic rings. The molecule has 33 heavy (non-hydrogen) atoms. The van der Waals surface area contributed by atoms with Gasteiger partial charge in [0.1, 0.15) is 0 Å². The first kappa shape index (κ1) is 23.4. The Morgan fingerprint density at radius 1 is 1.24 bits per heavy atom. The summed E-state index contributed by atoms with van der Waals surface area (Å²) in [4.78, 5) is 23.4. The van der Waals surface area contributed by atoms with Gasteiger partial charge in [-0.2, -0.15) is 13.2 Å². The molecule has 0 bridgehead atoms. The molecule has 9 heteroatoms. The lowest BCUT2D eigenvalue weighted by Crippen LogP contribution is -2.49.